The van der Waals surface area contributed by atoms with Crippen LogP contribution in [0.4, 0.5) is 0 Å². The first kappa shape index (κ1) is 19.7. The van der Waals surface area contributed by atoms with E-state index in [1.54, 1.807) is 13.4 Å². The molecule has 156 valence electrons. The maximum absolute atomic E-state index is 6.16. The van der Waals surface area contributed by atoms with Gasteiger partial charge in [0.1, 0.15) is 5.75 Å². The van der Waals surface area contributed by atoms with Crippen LogP contribution in [0, 0.1) is 0 Å². The topological polar surface area (TPSA) is 64.3 Å². The van der Waals surface area contributed by atoms with E-state index in [9.17, 15) is 0 Å². The number of aromatic nitrogens is 3. The average molecular weight is 433 g/mol. The van der Waals surface area contributed by atoms with Gasteiger partial charge in [0, 0.05) is 54.6 Å². The van der Waals surface area contributed by atoms with Crippen LogP contribution in [0.2, 0.25) is 5.02 Å². The van der Waals surface area contributed by atoms with Gasteiger partial charge in [-0.1, -0.05) is 17.7 Å². The zero-order valence-electron chi connectivity index (χ0n) is 17.1. The lowest BCUT2D eigenvalue weighted by Crippen LogP contribution is -2.31. The number of ether oxygens (including phenoxy) is 1. The molecule has 3 aromatic heterocycles. The molecule has 7 heteroatoms. The van der Waals surface area contributed by atoms with E-state index in [2.05, 4.69) is 20.9 Å². The van der Waals surface area contributed by atoms with Gasteiger partial charge in [0.15, 0.2) is 11.6 Å². The summed E-state index contributed by atoms with van der Waals surface area (Å²) >= 11 is 6.16. The van der Waals surface area contributed by atoms with Crippen LogP contribution in [0.5, 0.6) is 5.75 Å². The van der Waals surface area contributed by atoms with Crippen molar-refractivity contribution in [2.75, 3.05) is 13.7 Å². The van der Waals surface area contributed by atoms with Gasteiger partial charge in [0.25, 0.3) is 0 Å². The minimum absolute atomic E-state index is 0.647. The Balaban J connectivity index is 1.29. The minimum Gasteiger partial charge on any atom is -0.496 e. The van der Waals surface area contributed by atoms with Crippen LogP contribution in [0.1, 0.15) is 16.8 Å². The molecule has 0 saturated carbocycles. The second-order valence-electron chi connectivity index (χ2n) is 7.50. The van der Waals surface area contributed by atoms with Crippen molar-refractivity contribution in [3.63, 3.8) is 0 Å². The number of benzene rings is 1. The first-order valence-corrected chi connectivity index (χ1v) is 10.5. The van der Waals surface area contributed by atoms with Crippen LogP contribution in [-0.4, -0.2) is 33.5 Å². The van der Waals surface area contributed by atoms with Gasteiger partial charge < -0.3 is 9.15 Å². The molecule has 1 aromatic carbocycles. The van der Waals surface area contributed by atoms with E-state index in [1.165, 1.54) is 0 Å². The van der Waals surface area contributed by atoms with Crippen molar-refractivity contribution >= 4 is 11.6 Å². The van der Waals surface area contributed by atoms with Crippen molar-refractivity contribution < 1.29 is 9.15 Å². The summed E-state index contributed by atoms with van der Waals surface area (Å²) in [6.07, 6.45) is 6.36. The van der Waals surface area contributed by atoms with Crippen LogP contribution in [0.25, 0.3) is 22.8 Å². The second kappa shape index (κ2) is 8.49. The van der Waals surface area contributed by atoms with Crippen molar-refractivity contribution in [1.82, 2.24) is 19.9 Å². The molecule has 0 saturated heterocycles. The molecule has 0 bridgehead atoms. The fourth-order valence-electron chi connectivity index (χ4n) is 3.85. The molecule has 6 nitrogen and oxygen atoms in total. The summed E-state index contributed by atoms with van der Waals surface area (Å²) in [6.45, 7) is 2.57. The quantitative estimate of drug-likeness (QED) is 0.441. The molecule has 0 atom stereocenters. The Morgan fingerprint density at radius 2 is 2.06 bits per heavy atom. The first-order valence-electron chi connectivity index (χ1n) is 10.1. The molecule has 0 unspecified atom stereocenters. The largest absolute Gasteiger partial charge is 0.496 e. The zero-order valence-corrected chi connectivity index (χ0v) is 17.8. The molecule has 0 spiro atoms. The predicted octanol–water partition coefficient (Wildman–Crippen LogP) is 5.02. The highest BCUT2D eigenvalue weighted by molar-refractivity contribution is 6.30. The molecule has 0 amide bonds. The lowest BCUT2D eigenvalue weighted by molar-refractivity contribution is 0.242. The smallest absolute Gasteiger partial charge is 0.195 e. The van der Waals surface area contributed by atoms with Gasteiger partial charge in [0.2, 0.25) is 0 Å². The number of hydrogen-bond acceptors (Lipinski definition) is 6. The Bertz CT molecular complexity index is 1190. The summed E-state index contributed by atoms with van der Waals surface area (Å²) in [7, 11) is 1.65. The molecule has 1 aliphatic heterocycles. The van der Waals surface area contributed by atoms with Crippen LogP contribution in [0.3, 0.4) is 0 Å². The molecule has 0 fully saturated rings. The molecular formula is C24H21ClN4O2. The van der Waals surface area contributed by atoms with E-state index in [4.69, 9.17) is 25.7 Å². The highest BCUT2D eigenvalue weighted by atomic mass is 35.5. The molecule has 1 aliphatic rings. The number of furan rings is 1. The fourth-order valence-corrected chi connectivity index (χ4v) is 4.02. The van der Waals surface area contributed by atoms with Crippen molar-refractivity contribution in [1.29, 1.82) is 0 Å². The Labute approximate surface area is 185 Å². The standard InChI is InChI=1S/C24H21ClN4O2/c1-30-22-7-5-18(25)11-19(22)21-6-4-16(12-26-21)14-29-9-8-20-17(15-29)13-27-24(28-20)23-3-2-10-31-23/h2-7,10-13H,8-9,14-15H2,1H3. The van der Waals surface area contributed by atoms with Crippen molar-refractivity contribution in [3.8, 4) is 28.6 Å². The minimum atomic E-state index is 0.647. The maximum atomic E-state index is 6.16. The Hall–Kier alpha value is -3.22. The number of pyridine rings is 1. The number of fused-ring (bicyclic) bond motifs is 1. The molecule has 5 rings (SSSR count). The monoisotopic (exact) mass is 432 g/mol. The van der Waals surface area contributed by atoms with Crippen LogP contribution in [0.15, 0.2) is 65.5 Å². The van der Waals surface area contributed by atoms with Crippen molar-refractivity contribution in [2.45, 2.75) is 19.5 Å². The summed E-state index contributed by atoms with van der Waals surface area (Å²) in [5.41, 5.74) is 5.14. The number of methoxy groups -OCH3 is 1. The number of halogens is 1. The molecule has 0 radical (unpaired) electrons. The molecule has 4 aromatic rings. The Morgan fingerprint density at radius 3 is 2.84 bits per heavy atom. The second-order valence-corrected chi connectivity index (χ2v) is 7.94. The lowest BCUT2D eigenvalue weighted by Gasteiger charge is -2.27. The van der Waals surface area contributed by atoms with E-state index in [1.807, 2.05) is 48.8 Å². The van der Waals surface area contributed by atoms with E-state index >= 15 is 0 Å². The maximum Gasteiger partial charge on any atom is 0.195 e. The van der Waals surface area contributed by atoms with Crippen molar-refractivity contribution in [3.05, 3.63) is 83.0 Å². The van der Waals surface area contributed by atoms with Gasteiger partial charge in [-0.05, 0) is 42.0 Å². The summed E-state index contributed by atoms with van der Waals surface area (Å²) in [4.78, 5) is 16.2. The number of nitrogens with zero attached hydrogens (tertiary/aromatic N) is 4. The van der Waals surface area contributed by atoms with E-state index in [0.29, 0.717) is 16.6 Å². The lowest BCUT2D eigenvalue weighted by atomic mass is 10.1. The van der Waals surface area contributed by atoms with Crippen LogP contribution in [-0.2, 0) is 19.5 Å². The number of rotatable bonds is 5. The van der Waals surface area contributed by atoms with E-state index < -0.39 is 0 Å². The summed E-state index contributed by atoms with van der Waals surface area (Å²) in [5.74, 6) is 2.10. The molecule has 31 heavy (non-hydrogen) atoms. The molecule has 4 heterocycles. The SMILES string of the molecule is COc1ccc(Cl)cc1-c1ccc(CN2CCc3nc(-c4ccco4)ncc3C2)cn1. The predicted molar refractivity (Wildman–Crippen MR) is 119 cm³/mol. The van der Waals surface area contributed by atoms with Gasteiger partial charge in [-0.25, -0.2) is 9.97 Å². The zero-order chi connectivity index (χ0) is 21.2. The van der Waals surface area contributed by atoms with Gasteiger partial charge in [0.05, 0.1) is 24.8 Å². The van der Waals surface area contributed by atoms with E-state index in [0.717, 1.165) is 59.9 Å². The highest BCUT2D eigenvalue weighted by Crippen LogP contribution is 2.31. The third-order valence-corrected chi connectivity index (χ3v) is 5.66. The molecular weight excluding hydrogens is 412 g/mol. The molecule has 0 aliphatic carbocycles. The summed E-state index contributed by atoms with van der Waals surface area (Å²) < 4.78 is 10.9. The van der Waals surface area contributed by atoms with Gasteiger partial charge in [-0.3, -0.25) is 9.88 Å². The molecule has 0 N–H and O–H groups in total. The van der Waals surface area contributed by atoms with Crippen LogP contribution >= 0.6 is 11.6 Å². The highest BCUT2D eigenvalue weighted by Gasteiger charge is 2.20. The normalized spacial score (nSPS) is 13.7. The van der Waals surface area contributed by atoms with Gasteiger partial charge >= 0.3 is 0 Å². The third-order valence-electron chi connectivity index (χ3n) is 5.42. The van der Waals surface area contributed by atoms with Crippen LogP contribution < -0.4 is 4.74 Å². The van der Waals surface area contributed by atoms with Gasteiger partial charge in [-0.15, -0.1) is 0 Å². The van der Waals surface area contributed by atoms with Crippen molar-refractivity contribution in [2.24, 2.45) is 0 Å². The third kappa shape index (κ3) is 4.17. The average Bonchev–Trinajstić information content (AvgIpc) is 3.34. The Kier molecular flexibility index (Phi) is 5.40. The Morgan fingerprint density at radius 1 is 1.13 bits per heavy atom. The van der Waals surface area contributed by atoms with E-state index in [-0.39, 0.29) is 0 Å². The summed E-state index contributed by atoms with van der Waals surface area (Å²) in [5, 5.41) is 0.658. The summed E-state index contributed by atoms with van der Waals surface area (Å²) in [6, 6.07) is 13.4. The number of hydrogen-bond donors (Lipinski definition) is 0. The van der Waals surface area contributed by atoms with Gasteiger partial charge in [-0.2, -0.15) is 0 Å². The fraction of sp³-hybridized carbons (Fsp3) is 0.208. The first-order chi connectivity index (χ1) is 15.2.